The van der Waals surface area contributed by atoms with E-state index in [9.17, 15) is 9.59 Å². The maximum Gasteiger partial charge on any atom is 0.357 e. The minimum absolute atomic E-state index is 0.117. The second kappa shape index (κ2) is 5.86. The minimum atomic E-state index is -0.561. The number of para-hydroxylation sites is 1. The zero-order valence-corrected chi connectivity index (χ0v) is 13.2. The lowest BCUT2D eigenvalue weighted by atomic mass is 10.2. The third-order valence-electron chi connectivity index (χ3n) is 3.51. The minimum Gasteiger partial charge on any atom is -0.453 e. The first kappa shape index (κ1) is 14.5. The number of rotatable bonds is 3. The van der Waals surface area contributed by atoms with E-state index in [4.69, 9.17) is 4.74 Å². The van der Waals surface area contributed by atoms with Crippen LogP contribution in [0.2, 0.25) is 0 Å². The number of fused-ring (bicyclic) bond motifs is 2. The number of aromatic amines is 1. The molecule has 0 bridgehead atoms. The Morgan fingerprint density at radius 2 is 1.96 bits per heavy atom. The molecule has 1 N–H and O–H groups in total. The van der Waals surface area contributed by atoms with Crippen LogP contribution in [0, 0.1) is 0 Å². The highest BCUT2D eigenvalue weighted by atomic mass is 32.1. The van der Waals surface area contributed by atoms with E-state index >= 15 is 0 Å². The van der Waals surface area contributed by atoms with Gasteiger partial charge >= 0.3 is 5.97 Å². The van der Waals surface area contributed by atoms with Crippen LogP contribution in [0.15, 0.2) is 52.6 Å². The molecule has 3 heterocycles. The molecule has 0 saturated carbocycles. The summed E-state index contributed by atoms with van der Waals surface area (Å²) in [6, 6.07) is 12.7. The van der Waals surface area contributed by atoms with Crippen LogP contribution < -0.4 is 5.56 Å². The summed E-state index contributed by atoms with van der Waals surface area (Å²) >= 11 is 1.32. The fourth-order valence-corrected chi connectivity index (χ4v) is 3.10. The largest absolute Gasteiger partial charge is 0.453 e. The molecule has 0 amide bonds. The van der Waals surface area contributed by atoms with Gasteiger partial charge in [0.15, 0.2) is 0 Å². The first-order chi connectivity index (χ1) is 11.7. The third kappa shape index (κ3) is 2.65. The maximum atomic E-state index is 12.2. The summed E-state index contributed by atoms with van der Waals surface area (Å²) < 4.78 is 5.77. The topological polar surface area (TPSA) is 84.9 Å². The Morgan fingerprint density at radius 3 is 2.88 bits per heavy atom. The molecule has 0 radical (unpaired) electrons. The van der Waals surface area contributed by atoms with Crippen molar-refractivity contribution in [2.45, 2.75) is 6.61 Å². The molecular weight excluding hydrogens is 326 g/mol. The number of nitrogens with one attached hydrogen (secondary N) is 1. The fraction of sp³-hybridized carbons (Fsp3) is 0.0588. The average Bonchev–Trinajstić information content (AvgIpc) is 3.08. The van der Waals surface area contributed by atoms with Crippen molar-refractivity contribution in [3.8, 4) is 0 Å². The number of benzene rings is 1. The molecule has 3 aromatic heterocycles. The second-order valence-corrected chi connectivity index (χ2v) is 6.03. The van der Waals surface area contributed by atoms with Crippen LogP contribution in [-0.2, 0) is 11.3 Å². The van der Waals surface area contributed by atoms with Crippen LogP contribution in [0.25, 0.3) is 21.1 Å². The Labute approximate surface area is 139 Å². The predicted octanol–water partition coefficient (Wildman–Crippen LogP) is 2.89. The molecule has 4 aromatic rings. The summed E-state index contributed by atoms with van der Waals surface area (Å²) in [5, 5.41) is 2.74. The summed E-state index contributed by atoms with van der Waals surface area (Å²) in [6.07, 6.45) is 0. The van der Waals surface area contributed by atoms with Gasteiger partial charge in [0.2, 0.25) is 0 Å². The number of nitrogens with zero attached hydrogens (tertiary/aromatic N) is 2. The Morgan fingerprint density at radius 1 is 1.08 bits per heavy atom. The molecule has 24 heavy (non-hydrogen) atoms. The Kier molecular flexibility index (Phi) is 3.55. The van der Waals surface area contributed by atoms with Gasteiger partial charge in [0.25, 0.3) is 5.56 Å². The summed E-state index contributed by atoms with van der Waals surface area (Å²) in [5.41, 5.74) is 1.30. The van der Waals surface area contributed by atoms with Gasteiger partial charge in [0, 0.05) is 5.39 Å². The standard InChI is InChI=1S/C17H11N3O3S/c21-16-15-12(7-8-24-15)19-14(20-16)9-23-17(22)13-6-5-10-3-1-2-4-11(10)18-13/h1-8H,9H2,(H,19,20,21). The normalized spacial score (nSPS) is 11.0. The van der Waals surface area contributed by atoms with E-state index in [2.05, 4.69) is 15.0 Å². The molecule has 1 aromatic carbocycles. The Hall–Kier alpha value is -3.06. The third-order valence-corrected chi connectivity index (χ3v) is 4.41. The van der Waals surface area contributed by atoms with Gasteiger partial charge in [-0.2, -0.15) is 0 Å². The molecule has 0 aliphatic rings. The molecule has 4 rings (SSSR count). The molecular formula is C17H11N3O3S. The van der Waals surface area contributed by atoms with Crippen molar-refractivity contribution in [1.29, 1.82) is 0 Å². The van der Waals surface area contributed by atoms with Gasteiger partial charge in [-0.1, -0.05) is 24.3 Å². The molecule has 0 saturated heterocycles. The highest BCUT2D eigenvalue weighted by molar-refractivity contribution is 7.17. The van der Waals surface area contributed by atoms with E-state index in [0.29, 0.717) is 16.0 Å². The van der Waals surface area contributed by atoms with E-state index in [0.717, 1.165) is 10.9 Å². The number of carbonyl (C=O) groups is 1. The quantitative estimate of drug-likeness (QED) is 0.581. The number of aromatic nitrogens is 3. The van der Waals surface area contributed by atoms with Crippen molar-refractivity contribution in [3.05, 3.63) is 69.7 Å². The first-order valence-electron chi connectivity index (χ1n) is 7.20. The Balaban J connectivity index is 1.55. The number of hydrogen-bond acceptors (Lipinski definition) is 6. The van der Waals surface area contributed by atoms with Crippen molar-refractivity contribution in [2.75, 3.05) is 0 Å². The monoisotopic (exact) mass is 337 g/mol. The fourth-order valence-electron chi connectivity index (χ4n) is 2.38. The summed E-state index contributed by atoms with van der Waals surface area (Å²) in [5.74, 6) is -0.256. The van der Waals surface area contributed by atoms with Gasteiger partial charge in [0.1, 0.15) is 22.8 Å². The van der Waals surface area contributed by atoms with Crippen molar-refractivity contribution in [1.82, 2.24) is 15.0 Å². The number of H-pyrrole nitrogens is 1. The zero-order valence-electron chi connectivity index (χ0n) is 12.4. The second-order valence-electron chi connectivity index (χ2n) is 5.11. The summed E-state index contributed by atoms with van der Waals surface area (Å²) in [7, 11) is 0. The molecule has 0 aliphatic heterocycles. The molecule has 0 unspecified atom stereocenters. The zero-order chi connectivity index (χ0) is 16.5. The van der Waals surface area contributed by atoms with Gasteiger partial charge in [-0.15, -0.1) is 11.3 Å². The lowest BCUT2D eigenvalue weighted by Gasteiger charge is -2.05. The van der Waals surface area contributed by atoms with E-state index in [-0.39, 0.29) is 17.9 Å². The van der Waals surface area contributed by atoms with Crippen LogP contribution in [0.1, 0.15) is 16.3 Å². The smallest absolute Gasteiger partial charge is 0.357 e. The number of pyridine rings is 1. The molecule has 0 spiro atoms. The van der Waals surface area contributed by atoms with E-state index < -0.39 is 5.97 Å². The van der Waals surface area contributed by atoms with Gasteiger partial charge < -0.3 is 9.72 Å². The molecule has 6 nitrogen and oxygen atoms in total. The molecule has 0 atom stereocenters. The van der Waals surface area contributed by atoms with Crippen molar-refractivity contribution >= 4 is 38.4 Å². The summed E-state index contributed by atoms with van der Waals surface area (Å²) in [4.78, 5) is 35.2. The van der Waals surface area contributed by atoms with Crippen LogP contribution in [0.5, 0.6) is 0 Å². The number of hydrogen-bond donors (Lipinski definition) is 1. The van der Waals surface area contributed by atoms with Gasteiger partial charge in [-0.3, -0.25) is 4.79 Å². The van der Waals surface area contributed by atoms with Crippen LogP contribution in [0.4, 0.5) is 0 Å². The predicted molar refractivity (Wildman–Crippen MR) is 91.1 cm³/mol. The number of ether oxygens (including phenoxy) is 1. The Bertz CT molecular complexity index is 1120. The SMILES string of the molecule is O=C(OCc1nc2ccsc2c(=O)[nH]1)c1ccc2ccccc2n1. The van der Waals surface area contributed by atoms with E-state index in [1.165, 1.54) is 11.3 Å². The van der Waals surface area contributed by atoms with Crippen molar-refractivity contribution < 1.29 is 9.53 Å². The van der Waals surface area contributed by atoms with Crippen molar-refractivity contribution in [2.24, 2.45) is 0 Å². The van der Waals surface area contributed by atoms with Gasteiger partial charge in [0.05, 0.1) is 11.0 Å². The van der Waals surface area contributed by atoms with Crippen LogP contribution in [-0.4, -0.2) is 20.9 Å². The number of carbonyl (C=O) groups excluding carboxylic acids is 1. The maximum absolute atomic E-state index is 12.2. The number of esters is 1. The van der Waals surface area contributed by atoms with Gasteiger partial charge in [-0.05, 0) is 23.6 Å². The van der Waals surface area contributed by atoms with E-state index in [1.807, 2.05) is 30.3 Å². The first-order valence-corrected chi connectivity index (χ1v) is 8.08. The van der Waals surface area contributed by atoms with Crippen LogP contribution in [0.3, 0.4) is 0 Å². The molecule has 7 heteroatoms. The lowest BCUT2D eigenvalue weighted by molar-refractivity contribution is 0.0456. The number of thiophene rings is 1. The molecule has 118 valence electrons. The molecule has 0 fully saturated rings. The summed E-state index contributed by atoms with van der Waals surface area (Å²) in [6.45, 7) is -0.117. The highest BCUT2D eigenvalue weighted by Gasteiger charge is 2.12. The van der Waals surface area contributed by atoms with Crippen LogP contribution >= 0.6 is 11.3 Å². The van der Waals surface area contributed by atoms with Crippen molar-refractivity contribution in [3.63, 3.8) is 0 Å². The van der Waals surface area contributed by atoms with Gasteiger partial charge in [-0.25, -0.2) is 14.8 Å². The average molecular weight is 337 g/mol. The lowest BCUT2D eigenvalue weighted by Crippen LogP contribution is -2.14. The van der Waals surface area contributed by atoms with E-state index in [1.54, 1.807) is 17.5 Å². The highest BCUT2D eigenvalue weighted by Crippen LogP contribution is 2.15. The molecule has 0 aliphatic carbocycles.